The van der Waals surface area contributed by atoms with Crippen molar-refractivity contribution in [2.24, 2.45) is 0 Å². The predicted molar refractivity (Wildman–Crippen MR) is 80.1 cm³/mol. The van der Waals surface area contributed by atoms with Gasteiger partial charge < -0.3 is 14.3 Å². The van der Waals surface area contributed by atoms with Gasteiger partial charge in [0.15, 0.2) is 11.3 Å². The Morgan fingerprint density at radius 2 is 2.22 bits per heavy atom. The second-order valence-electron chi connectivity index (χ2n) is 5.62. The van der Waals surface area contributed by atoms with Crippen LogP contribution in [0.1, 0.15) is 16.2 Å². The molecule has 1 saturated heterocycles. The largest absolute Gasteiger partial charge is 0.361 e. The van der Waals surface area contributed by atoms with E-state index >= 15 is 0 Å². The fourth-order valence-corrected chi connectivity index (χ4v) is 2.59. The monoisotopic (exact) mass is 313 g/mol. The number of fused-ring (bicyclic) bond motifs is 1. The fourth-order valence-electron chi connectivity index (χ4n) is 2.59. The summed E-state index contributed by atoms with van der Waals surface area (Å²) in [5.41, 5.74) is 1.05. The molecule has 1 aliphatic rings. The lowest BCUT2D eigenvalue weighted by Gasteiger charge is -2.44. The maximum Gasteiger partial charge on any atom is 0.276 e. The van der Waals surface area contributed by atoms with Crippen molar-refractivity contribution < 1.29 is 9.32 Å². The first-order chi connectivity index (χ1) is 11.1. The predicted octanol–water partition coefficient (Wildman–Crippen LogP) is 0.382. The summed E-state index contributed by atoms with van der Waals surface area (Å²) in [6.45, 7) is 3.21. The van der Waals surface area contributed by atoms with Crippen molar-refractivity contribution in [3.63, 3.8) is 0 Å². The molecule has 0 saturated carbocycles. The quantitative estimate of drug-likeness (QED) is 0.690. The molecule has 0 aromatic carbocycles. The number of amides is 1. The third-order valence-electron chi connectivity index (χ3n) is 4.05. The van der Waals surface area contributed by atoms with Crippen LogP contribution in [0.4, 0.5) is 5.82 Å². The zero-order chi connectivity index (χ0) is 16.0. The molecule has 4 heterocycles. The van der Waals surface area contributed by atoms with Gasteiger partial charge >= 0.3 is 0 Å². The summed E-state index contributed by atoms with van der Waals surface area (Å²) in [6.07, 6.45) is 1.57. The number of rotatable bonds is 3. The number of carbonyl (C=O) groups is 1. The van der Waals surface area contributed by atoms with Gasteiger partial charge in [-0.25, -0.2) is 0 Å². The van der Waals surface area contributed by atoms with Gasteiger partial charge in [-0.15, -0.1) is 15.3 Å². The highest BCUT2D eigenvalue weighted by atomic mass is 16.5. The highest BCUT2D eigenvalue weighted by Gasteiger charge is 2.34. The summed E-state index contributed by atoms with van der Waals surface area (Å²) in [6, 6.07) is 5.55. The Kier molecular flexibility index (Phi) is 3.00. The first-order valence-corrected chi connectivity index (χ1v) is 7.24. The lowest BCUT2D eigenvalue weighted by atomic mass is 10.1. The van der Waals surface area contributed by atoms with Crippen molar-refractivity contribution >= 4 is 17.4 Å². The molecule has 1 amide bonds. The van der Waals surface area contributed by atoms with Crippen LogP contribution >= 0.6 is 0 Å². The number of hydrogen-bond donors (Lipinski definition) is 0. The molecule has 0 radical (unpaired) electrons. The van der Waals surface area contributed by atoms with Gasteiger partial charge in [0.1, 0.15) is 17.9 Å². The molecule has 0 N–H and O–H groups in total. The van der Waals surface area contributed by atoms with E-state index < -0.39 is 0 Å². The third kappa shape index (κ3) is 2.30. The number of carbonyl (C=O) groups excluding carboxylic acids is 1. The summed E-state index contributed by atoms with van der Waals surface area (Å²) < 4.78 is 6.59. The van der Waals surface area contributed by atoms with Crippen molar-refractivity contribution in [1.82, 2.24) is 29.9 Å². The Morgan fingerprint density at radius 3 is 2.96 bits per heavy atom. The van der Waals surface area contributed by atoms with E-state index in [2.05, 4.69) is 25.4 Å². The number of hydrogen-bond acceptors (Lipinski definition) is 7. The number of anilines is 1. The van der Waals surface area contributed by atoms with Crippen molar-refractivity contribution in [3.8, 4) is 0 Å². The Bertz CT molecular complexity index is 865. The van der Waals surface area contributed by atoms with Gasteiger partial charge in [-0.3, -0.25) is 4.79 Å². The van der Waals surface area contributed by atoms with E-state index in [0.29, 0.717) is 17.1 Å². The number of likely N-dealkylation sites (N-methyl/N-ethyl adjacent to an activating group) is 1. The molecule has 3 aromatic heterocycles. The summed E-state index contributed by atoms with van der Waals surface area (Å²) >= 11 is 0. The van der Waals surface area contributed by atoms with Crippen LogP contribution in [0.25, 0.3) is 5.65 Å². The maximum absolute atomic E-state index is 12.3. The zero-order valence-corrected chi connectivity index (χ0v) is 12.7. The van der Waals surface area contributed by atoms with Gasteiger partial charge in [0, 0.05) is 26.2 Å². The first kappa shape index (κ1) is 13.7. The molecule has 118 valence electrons. The van der Waals surface area contributed by atoms with Gasteiger partial charge in [-0.05, 0) is 19.1 Å². The minimum absolute atomic E-state index is 0.123. The van der Waals surface area contributed by atoms with E-state index in [1.165, 1.54) is 0 Å². The van der Waals surface area contributed by atoms with Crippen LogP contribution in [0.2, 0.25) is 0 Å². The average Bonchev–Trinajstić information content (AvgIpc) is 3.13. The summed E-state index contributed by atoms with van der Waals surface area (Å²) in [7, 11) is 1.78. The summed E-state index contributed by atoms with van der Waals surface area (Å²) in [4.78, 5) is 16.1. The van der Waals surface area contributed by atoms with Gasteiger partial charge in [0.05, 0.1) is 6.04 Å². The van der Waals surface area contributed by atoms with E-state index in [4.69, 9.17) is 4.52 Å². The molecule has 1 aliphatic heterocycles. The van der Waals surface area contributed by atoms with Crippen molar-refractivity contribution in [2.45, 2.75) is 13.0 Å². The average molecular weight is 313 g/mol. The van der Waals surface area contributed by atoms with Crippen LogP contribution in [0.5, 0.6) is 0 Å². The van der Waals surface area contributed by atoms with Crippen LogP contribution in [0, 0.1) is 6.92 Å². The summed E-state index contributed by atoms with van der Waals surface area (Å²) in [5, 5.41) is 16.0. The minimum atomic E-state index is -0.131. The maximum atomic E-state index is 12.3. The molecule has 0 atom stereocenters. The molecule has 0 bridgehead atoms. The molecule has 3 aromatic rings. The van der Waals surface area contributed by atoms with Crippen LogP contribution in [-0.2, 0) is 0 Å². The molecule has 0 aliphatic carbocycles. The van der Waals surface area contributed by atoms with Gasteiger partial charge in [0.2, 0.25) is 0 Å². The molecule has 4 rings (SSSR count). The standard InChI is InChI=1S/C14H15N7O2/c1-9-5-11(18-23-9)14(22)19(2)10-6-20(7-10)13-4-3-12-16-15-8-21(12)17-13/h3-5,8,10H,6-7H2,1-2H3. The van der Waals surface area contributed by atoms with E-state index in [1.807, 2.05) is 12.1 Å². The second kappa shape index (κ2) is 5.04. The molecular weight excluding hydrogens is 298 g/mol. The molecule has 9 heteroatoms. The SMILES string of the molecule is Cc1cc(C(=O)N(C)C2CN(c3ccc4nncn4n3)C2)no1. The lowest BCUT2D eigenvalue weighted by molar-refractivity contribution is 0.0694. The smallest absolute Gasteiger partial charge is 0.276 e. The molecule has 0 unspecified atom stereocenters. The van der Waals surface area contributed by atoms with Crippen LogP contribution in [0.15, 0.2) is 29.0 Å². The Hall–Kier alpha value is -2.97. The lowest BCUT2D eigenvalue weighted by Crippen LogP contribution is -2.60. The normalized spacial score (nSPS) is 15.0. The zero-order valence-electron chi connectivity index (χ0n) is 12.7. The van der Waals surface area contributed by atoms with Crippen molar-refractivity contribution in [1.29, 1.82) is 0 Å². The second-order valence-corrected chi connectivity index (χ2v) is 5.62. The molecule has 0 spiro atoms. The number of aromatic nitrogens is 5. The molecular formula is C14H15N7O2. The van der Waals surface area contributed by atoms with Gasteiger partial charge in [0.25, 0.3) is 5.91 Å². The molecule has 9 nitrogen and oxygen atoms in total. The van der Waals surface area contributed by atoms with Crippen LogP contribution < -0.4 is 4.90 Å². The Labute approximate surface area is 131 Å². The van der Waals surface area contributed by atoms with E-state index in [1.54, 1.807) is 35.8 Å². The van der Waals surface area contributed by atoms with E-state index in [-0.39, 0.29) is 11.9 Å². The molecule has 23 heavy (non-hydrogen) atoms. The van der Waals surface area contributed by atoms with Crippen molar-refractivity contribution in [3.05, 3.63) is 36.0 Å². The minimum Gasteiger partial charge on any atom is -0.361 e. The van der Waals surface area contributed by atoms with Crippen molar-refractivity contribution in [2.75, 3.05) is 25.0 Å². The molecule has 1 fully saturated rings. The summed E-state index contributed by atoms with van der Waals surface area (Å²) in [5.74, 6) is 1.34. The highest BCUT2D eigenvalue weighted by molar-refractivity contribution is 5.92. The van der Waals surface area contributed by atoms with Crippen LogP contribution in [0.3, 0.4) is 0 Å². The Morgan fingerprint density at radius 1 is 1.39 bits per heavy atom. The van der Waals surface area contributed by atoms with Crippen LogP contribution in [-0.4, -0.2) is 62.0 Å². The number of aryl methyl sites for hydroxylation is 1. The first-order valence-electron chi connectivity index (χ1n) is 7.24. The highest BCUT2D eigenvalue weighted by Crippen LogP contribution is 2.22. The number of nitrogens with zero attached hydrogens (tertiary/aromatic N) is 7. The van der Waals surface area contributed by atoms with Gasteiger partial charge in [-0.1, -0.05) is 5.16 Å². The van der Waals surface area contributed by atoms with E-state index in [9.17, 15) is 4.79 Å². The topological polar surface area (TPSA) is 92.7 Å². The van der Waals surface area contributed by atoms with Gasteiger partial charge in [-0.2, -0.15) is 4.52 Å². The van der Waals surface area contributed by atoms with E-state index in [0.717, 1.165) is 18.9 Å². The third-order valence-corrected chi connectivity index (χ3v) is 4.05. The Balaban J connectivity index is 1.43. The fraction of sp³-hybridized carbons (Fsp3) is 0.357.